The summed E-state index contributed by atoms with van der Waals surface area (Å²) in [5.74, 6) is 2.05. The topological polar surface area (TPSA) is 103 Å². The minimum atomic E-state index is -3.54. The van der Waals surface area contributed by atoms with Gasteiger partial charge in [0, 0.05) is 40.0 Å². The molecule has 0 bridgehead atoms. The van der Waals surface area contributed by atoms with Crippen molar-refractivity contribution in [1.82, 2.24) is 19.2 Å². The molecule has 1 aliphatic rings. The van der Waals surface area contributed by atoms with E-state index in [-0.39, 0.29) is 24.0 Å². The molecule has 1 N–H and O–H groups in total. The third-order valence-electron chi connectivity index (χ3n) is 5.40. The zero-order valence-corrected chi connectivity index (χ0v) is 19.1. The third-order valence-corrected chi connectivity index (χ3v) is 7.21. The normalized spacial score (nSPS) is 13.1. The van der Waals surface area contributed by atoms with Crippen LogP contribution in [0.25, 0.3) is 11.0 Å². The second-order valence-corrected chi connectivity index (χ2v) is 9.83. The first kappa shape index (κ1) is 22.1. The first-order chi connectivity index (χ1) is 15.3. The van der Waals surface area contributed by atoms with E-state index in [4.69, 9.17) is 9.47 Å². The summed E-state index contributed by atoms with van der Waals surface area (Å²) in [4.78, 5) is 17.2. The Hall–Kier alpha value is -3.11. The summed E-state index contributed by atoms with van der Waals surface area (Å²) in [6.07, 6.45) is 0.724. The summed E-state index contributed by atoms with van der Waals surface area (Å²) in [6, 6.07) is 10.5. The largest absolute Gasteiger partial charge is 0.454 e. The van der Waals surface area contributed by atoms with Gasteiger partial charge in [0.2, 0.25) is 22.7 Å². The molecule has 2 heterocycles. The smallest absolute Gasteiger partial charge is 0.242 e. The highest BCUT2D eigenvalue weighted by Crippen LogP contribution is 2.32. The molecular weight excluding hydrogens is 432 g/mol. The fourth-order valence-electron chi connectivity index (χ4n) is 3.64. The van der Waals surface area contributed by atoms with Crippen LogP contribution in [0.4, 0.5) is 0 Å². The SMILES string of the molecule is CCn1c(CCC(=O)NCc2ccc3c(c2)OCO3)nc2cc(S(=O)(=O)N(C)C)ccc21. The molecule has 0 atom stereocenters. The van der Waals surface area contributed by atoms with Crippen LogP contribution in [-0.4, -0.2) is 49.1 Å². The fourth-order valence-corrected chi connectivity index (χ4v) is 4.56. The van der Waals surface area contributed by atoms with E-state index in [9.17, 15) is 13.2 Å². The van der Waals surface area contributed by atoms with Gasteiger partial charge in [-0.15, -0.1) is 0 Å². The van der Waals surface area contributed by atoms with Gasteiger partial charge in [0.15, 0.2) is 11.5 Å². The maximum Gasteiger partial charge on any atom is 0.242 e. The molecule has 0 saturated carbocycles. The van der Waals surface area contributed by atoms with Gasteiger partial charge in [-0.3, -0.25) is 4.79 Å². The Morgan fingerprint density at radius 3 is 2.69 bits per heavy atom. The van der Waals surface area contributed by atoms with Gasteiger partial charge in [-0.2, -0.15) is 0 Å². The average molecular weight is 459 g/mol. The second kappa shape index (κ2) is 8.79. The lowest BCUT2D eigenvalue weighted by Crippen LogP contribution is -2.23. The average Bonchev–Trinajstić information content (AvgIpc) is 3.38. The highest BCUT2D eigenvalue weighted by molar-refractivity contribution is 7.89. The minimum Gasteiger partial charge on any atom is -0.454 e. The highest BCUT2D eigenvalue weighted by atomic mass is 32.2. The van der Waals surface area contributed by atoms with Gasteiger partial charge >= 0.3 is 0 Å². The Morgan fingerprint density at radius 1 is 1.16 bits per heavy atom. The lowest BCUT2D eigenvalue weighted by atomic mass is 10.2. The van der Waals surface area contributed by atoms with Crippen molar-refractivity contribution in [2.75, 3.05) is 20.9 Å². The Labute approximate surface area is 187 Å². The number of amides is 1. The van der Waals surface area contributed by atoms with Gasteiger partial charge in [-0.1, -0.05) is 6.07 Å². The van der Waals surface area contributed by atoms with Crippen LogP contribution in [0, 0.1) is 0 Å². The molecule has 0 radical (unpaired) electrons. The summed E-state index contributed by atoms with van der Waals surface area (Å²) in [7, 11) is -0.543. The Kier molecular flexibility index (Phi) is 6.07. The van der Waals surface area contributed by atoms with E-state index < -0.39 is 10.0 Å². The van der Waals surface area contributed by atoms with Crippen molar-refractivity contribution in [2.24, 2.45) is 0 Å². The number of rotatable bonds is 8. The van der Waals surface area contributed by atoms with Crippen molar-refractivity contribution in [3.63, 3.8) is 0 Å². The molecule has 10 heteroatoms. The number of nitrogens with zero attached hydrogens (tertiary/aromatic N) is 3. The Bertz CT molecular complexity index is 1270. The van der Waals surface area contributed by atoms with Gasteiger partial charge in [0.05, 0.1) is 15.9 Å². The van der Waals surface area contributed by atoms with Crippen molar-refractivity contribution >= 4 is 27.0 Å². The van der Waals surface area contributed by atoms with Crippen LogP contribution < -0.4 is 14.8 Å². The summed E-state index contributed by atoms with van der Waals surface area (Å²) in [5.41, 5.74) is 2.38. The van der Waals surface area contributed by atoms with Crippen molar-refractivity contribution in [1.29, 1.82) is 0 Å². The lowest BCUT2D eigenvalue weighted by Gasteiger charge is -2.11. The molecule has 170 valence electrons. The van der Waals surface area contributed by atoms with Gasteiger partial charge in [0.25, 0.3) is 0 Å². The second-order valence-electron chi connectivity index (χ2n) is 7.67. The molecule has 0 saturated heterocycles. The molecule has 0 unspecified atom stereocenters. The molecule has 1 aromatic heterocycles. The molecule has 2 aromatic carbocycles. The van der Waals surface area contributed by atoms with Crippen LogP contribution in [0.3, 0.4) is 0 Å². The van der Waals surface area contributed by atoms with Crippen LogP contribution in [0.1, 0.15) is 24.7 Å². The van der Waals surface area contributed by atoms with E-state index in [0.717, 1.165) is 16.9 Å². The van der Waals surface area contributed by atoms with Crippen LogP contribution in [0.15, 0.2) is 41.3 Å². The molecule has 1 aliphatic heterocycles. The summed E-state index contributed by atoms with van der Waals surface area (Å²) >= 11 is 0. The maximum atomic E-state index is 12.4. The number of nitrogens with one attached hydrogen (secondary N) is 1. The number of carbonyl (C=O) groups excluding carboxylic acids is 1. The number of aromatic nitrogens is 2. The summed E-state index contributed by atoms with van der Waals surface area (Å²) in [5, 5.41) is 2.92. The van der Waals surface area contributed by atoms with Crippen molar-refractivity contribution in [2.45, 2.75) is 37.8 Å². The first-order valence-electron chi connectivity index (χ1n) is 10.4. The van der Waals surface area contributed by atoms with Crippen LogP contribution in [-0.2, 0) is 34.3 Å². The molecule has 4 rings (SSSR count). The highest BCUT2D eigenvalue weighted by Gasteiger charge is 2.20. The van der Waals surface area contributed by atoms with E-state index in [0.29, 0.717) is 36.5 Å². The number of ether oxygens (including phenoxy) is 2. The van der Waals surface area contributed by atoms with E-state index in [1.807, 2.05) is 29.7 Å². The molecule has 0 fully saturated rings. The van der Waals surface area contributed by atoms with Crippen LogP contribution >= 0.6 is 0 Å². The monoisotopic (exact) mass is 458 g/mol. The minimum absolute atomic E-state index is 0.0896. The number of hydrogen-bond donors (Lipinski definition) is 1. The zero-order valence-electron chi connectivity index (χ0n) is 18.3. The predicted molar refractivity (Wildman–Crippen MR) is 119 cm³/mol. The molecule has 1 amide bonds. The zero-order chi connectivity index (χ0) is 22.9. The lowest BCUT2D eigenvalue weighted by molar-refractivity contribution is -0.121. The van der Waals surface area contributed by atoms with Gasteiger partial charge < -0.3 is 19.4 Å². The Morgan fingerprint density at radius 2 is 1.94 bits per heavy atom. The molecule has 32 heavy (non-hydrogen) atoms. The maximum absolute atomic E-state index is 12.4. The van der Waals surface area contributed by atoms with E-state index in [1.165, 1.54) is 18.4 Å². The van der Waals surface area contributed by atoms with Crippen molar-refractivity contribution in [3.8, 4) is 11.5 Å². The number of benzene rings is 2. The molecule has 3 aromatic rings. The molecular formula is C22H26N4O5S. The van der Waals surface area contributed by atoms with Crippen molar-refractivity contribution < 1.29 is 22.7 Å². The van der Waals surface area contributed by atoms with E-state index >= 15 is 0 Å². The molecule has 0 aliphatic carbocycles. The van der Waals surface area contributed by atoms with Gasteiger partial charge in [-0.25, -0.2) is 17.7 Å². The number of sulfonamides is 1. The van der Waals surface area contributed by atoms with E-state index in [1.54, 1.807) is 18.2 Å². The van der Waals surface area contributed by atoms with Gasteiger partial charge in [-0.05, 0) is 42.8 Å². The quantitative estimate of drug-likeness (QED) is 0.556. The summed E-state index contributed by atoms with van der Waals surface area (Å²) < 4.78 is 38.7. The van der Waals surface area contributed by atoms with Crippen molar-refractivity contribution in [3.05, 3.63) is 47.8 Å². The van der Waals surface area contributed by atoms with E-state index in [2.05, 4.69) is 10.3 Å². The van der Waals surface area contributed by atoms with Crippen LogP contribution in [0.5, 0.6) is 11.5 Å². The first-order valence-corrected chi connectivity index (χ1v) is 11.8. The number of fused-ring (bicyclic) bond motifs is 2. The summed E-state index contributed by atoms with van der Waals surface area (Å²) in [6.45, 7) is 3.27. The number of aryl methyl sites for hydroxylation is 2. The fraction of sp³-hybridized carbons (Fsp3) is 0.364. The van der Waals surface area contributed by atoms with Gasteiger partial charge in [0.1, 0.15) is 5.82 Å². The number of imidazole rings is 1. The molecule has 0 spiro atoms. The van der Waals surface area contributed by atoms with Crippen LogP contribution in [0.2, 0.25) is 0 Å². The number of hydrogen-bond acceptors (Lipinski definition) is 6. The molecule has 9 nitrogen and oxygen atoms in total. The standard InChI is InChI=1S/C22H26N4O5S/c1-4-26-18-7-6-16(32(28,29)25(2)3)12-17(18)24-21(26)9-10-22(27)23-13-15-5-8-19-20(11-15)31-14-30-19/h5-8,11-12H,4,9-10,13-14H2,1-3H3,(H,23,27). The Balaban J connectivity index is 1.43. The number of carbonyl (C=O) groups is 1. The third kappa shape index (κ3) is 4.28. The predicted octanol–water partition coefficient (Wildman–Crippen LogP) is 2.28.